The van der Waals surface area contributed by atoms with Crippen LogP contribution >= 0.6 is 24.0 Å². The van der Waals surface area contributed by atoms with E-state index in [1.54, 1.807) is 7.11 Å². The maximum Gasteiger partial charge on any atom is 0.224 e. The van der Waals surface area contributed by atoms with Gasteiger partial charge in [-0.05, 0) is 26.2 Å². The van der Waals surface area contributed by atoms with Crippen molar-refractivity contribution in [3.8, 4) is 0 Å². The smallest absolute Gasteiger partial charge is 0.224 e. The first-order valence-electron chi connectivity index (χ1n) is 9.62. The Hall–Kier alpha value is -0.610. The minimum absolute atomic E-state index is 0. The topological polar surface area (TPSA) is 66.4 Å². The first kappa shape index (κ1) is 23.4. The molecule has 2 aliphatic rings. The summed E-state index contributed by atoms with van der Waals surface area (Å²) in [5.74, 6) is 1.70. The molecule has 1 amide bonds. The molecule has 7 nitrogen and oxygen atoms in total. The van der Waals surface area contributed by atoms with Gasteiger partial charge in [0.25, 0.3) is 0 Å². The van der Waals surface area contributed by atoms with Gasteiger partial charge in [0.1, 0.15) is 0 Å². The fourth-order valence-corrected chi connectivity index (χ4v) is 3.36. The number of carbonyl (C=O) groups excluding carboxylic acids is 1. The first-order chi connectivity index (χ1) is 12.2. The molecule has 2 rings (SSSR count). The molecule has 2 heterocycles. The standard InChI is InChI=1S/C18H34N4O3.HI/c1-3-19-18(20-8-6-17(23)21-9-4-5-10-21)22-11-7-16(14-22)15-25-13-12-24-2;/h16H,3-15H2,1-2H3,(H,19,20);1H. The van der Waals surface area contributed by atoms with Crippen molar-refractivity contribution in [1.29, 1.82) is 0 Å². The van der Waals surface area contributed by atoms with Gasteiger partial charge in [-0.3, -0.25) is 9.79 Å². The van der Waals surface area contributed by atoms with Crippen molar-refractivity contribution in [3.05, 3.63) is 0 Å². The predicted molar refractivity (Wildman–Crippen MR) is 114 cm³/mol. The number of methoxy groups -OCH3 is 1. The second kappa shape index (κ2) is 13.5. The highest BCUT2D eigenvalue weighted by Gasteiger charge is 2.25. The molecule has 0 aliphatic carbocycles. The second-order valence-corrected chi connectivity index (χ2v) is 6.74. The summed E-state index contributed by atoms with van der Waals surface area (Å²) in [4.78, 5) is 21.0. The third-order valence-electron chi connectivity index (χ3n) is 4.75. The molecule has 0 bridgehead atoms. The number of guanidine groups is 1. The van der Waals surface area contributed by atoms with Crippen molar-refractivity contribution in [3.63, 3.8) is 0 Å². The lowest BCUT2D eigenvalue weighted by molar-refractivity contribution is -0.129. The van der Waals surface area contributed by atoms with Crippen LogP contribution in [0.4, 0.5) is 0 Å². The molecule has 0 radical (unpaired) electrons. The fourth-order valence-electron chi connectivity index (χ4n) is 3.36. The van der Waals surface area contributed by atoms with E-state index >= 15 is 0 Å². The zero-order chi connectivity index (χ0) is 17.9. The normalized spacial score (nSPS) is 20.4. The van der Waals surface area contributed by atoms with Crippen molar-refractivity contribution in [2.45, 2.75) is 32.6 Å². The Morgan fingerprint density at radius 1 is 1.19 bits per heavy atom. The van der Waals surface area contributed by atoms with Gasteiger partial charge in [-0.2, -0.15) is 0 Å². The quantitative estimate of drug-likeness (QED) is 0.234. The average Bonchev–Trinajstić information content (AvgIpc) is 3.29. The van der Waals surface area contributed by atoms with Crippen LogP contribution in [0.3, 0.4) is 0 Å². The van der Waals surface area contributed by atoms with E-state index in [0.29, 0.717) is 32.1 Å². The van der Waals surface area contributed by atoms with Crippen molar-refractivity contribution >= 4 is 35.8 Å². The molecule has 1 atom stereocenters. The molecular weight excluding hydrogens is 447 g/mol. The maximum atomic E-state index is 12.1. The van der Waals surface area contributed by atoms with Crippen LogP contribution in [0.1, 0.15) is 32.6 Å². The summed E-state index contributed by atoms with van der Waals surface area (Å²) in [6, 6.07) is 0. The minimum atomic E-state index is 0. The van der Waals surface area contributed by atoms with Crippen LogP contribution in [0.5, 0.6) is 0 Å². The van der Waals surface area contributed by atoms with Crippen molar-refractivity contribution in [1.82, 2.24) is 15.1 Å². The largest absolute Gasteiger partial charge is 0.382 e. The molecule has 2 saturated heterocycles. The van der Waals surface area contributed by atoms with Gasteiger partial charge in [-0.15, -0.1) is 24.0 Å². The molecule has 26 heavy (non-hydrogen) atoms. The zero-order valence-electron chi connectivity index (χ0n) is 16.2. The number of halogens is 1. The summed E-state index contributed by atoms with van der Waals surface area (Å²) in [6.07, 6.45) is 3.90. The number of ether oxygens (including phenoxy) is 2. The average molecular weight is 482 g/mol. The van der Waals surface area contributed by atoms with Crippen LogP contribution in [0, 0.1) is 5.92 Å². The Labute approximate surface area is 174 Å². The first-order valence-corrected chi connectivity index (χ1v) is 9.62. The monoisotopic (exact) mass is 482 g/mol. The molecule has 0 saturated carbocycles. The zero-order valence-corrected chi connectivity index (χ0v) is 18.6. The summed E-state index contributed by atoms with van der Waals surface area (Å²) in [6.45, 7) is 9.32. The van der Waals surface area contributed by atoms with Gasteiger partial charge < -0.3 is 24.6 Å². The van der Waals surface area contributed by atoms with E-state index < -0.39 is 0 Å². The third-order valence-corrected chi connectivity index (χ3v) is 4.75. The Balaban J connectivity index is 0.00000338. The second-order valence-electron chi connectivity index (χ2n) is 6.74. The van der Waals surface area contributed by atoms with Crippen LogP contribution in [-0.4, -0.2) is 87.9 Å². The van der Waals surface area contributed by atoms with Crippen molar-refractivity contribution < 1.29 is 14.3 Å². The highest BCUT2D eigenvalue weighted by atomic mass is 127. The van der Waals surface area contributed by atoms with Crippen molar-refractivity contribution in [2.24, 2.45) is 10.9 Å². The van der Waals surface area contributed by atoms with Gasteiger partial charge in [-0.1, -0.05) is 0 Å². The molecule has 152 valence electrons. The summed E-state index contributed by atoms with van der Waals surface area (Å²) in [7, 11) is 1.69. The van der Waals surface area contributed by atoms with E-state index in [1.807, 2.05) is 4.90 Å². The Bertz CT molecular complexity index is 431. The predicted octanol–water partition coefficient (Wildman–Crippen LogP) is 1.57. The van der Waals surface area contributed by atoms with E-state index in [1.165, 1.54) is 0 Å². The van der Waals surface area contributed by atoms with Crippen molar-refractivity contribution in [2.75, 3.05) is 66.2 Å². The van der Waals surface area contributed by atoms with E-state index in [9.17, 15) is 4.79 Å². The molecule has 2 aliphatic heterocycles. The van der Waals surface area contributed by atoms with Gasteiger partial charge in [0.05, 0.1) is 26.4 Å². The highest BCUT2D eigenvalue weighted by molar-refractivity contribution is 14.0. The molecular formula is C18H35IN4O3. The fraction of sp³-hybridized carbons (Fsp3) is 0.889. The number of carbonyl (C=O) groups is 1. The number of aliphatic imine (C=N–C) groups is 1. The van der Waals surface area contributed by atoms with Gasteiger partial charge in [0, 0.05) is 52.2 Å². The van der Waals surface area contributed by atoms with Crippen LogP contribution in [0.15, 0.2) is 4.99 Å². The molecule has 8 heteroatoms. The highest BCUT2D eigenvalue weighted by Crippen LogP contribution is 2.17. The number of hydrogen-bond donors (Lipinski definition) is 1. The lowest BCUT2D eigenvalue weighted by atomic mass is 10.1. The van der Waals surface area contributed by atoms with Crippen LogP contribution in [0.25, 0.3) is 0 Å². The van der Waals surface area contributed by atoms with Gasteiger partial charge >= 0.3 is 0 Å². The van der Waals surface area contributed by atoms with E-state index in [4.69, 9.17) is 9.47 Å². The summed E-state index contributed by atoms with van der Waals surface area (Å²) < 4.78 is 10.7. The molecule has 0 spiro atoms. The van der Waals surface area contributed by atoms with Gasteiger partial charge in [0.15, 0.2) is 5.96 Å². The lowest BCUT2D eigenvalue weighted by Gasteiger charge is -2.22. The molecule has 1 unspecified atom stereocenters. The number of hydrogen-bond acceptors (Lipinski definition) is 4. The van der Waals surface area contributed by atoms with Crippen LogP contribution in [-0.2, 0) is 14.3 Å². The van der Waals surface area contributed by atoms with Gasteiger partial charge in [0.2, 0.25) is 5.91 Å². The van der Waals surface area contributed by atoms with Gasteiger partial charge in [-0.25, -0.2) is 0 Å². The molecule has 0 aromatic heterocycles. The molecule has 1 N–H and O–H groups in total. The van der Waals surface area contributed by atoms with Crippen LogP contribution < -0.4 is 5.32 Å². The molecule has 0 aromatic carbocycles. The number of rotatable bonds is 9. The summed E-state index contributed by atoms with van der Waals surface area (Å²) >= 11 is 0. The maximum absolute atomic E-state index is 12.1. The number of nitrogens with one attached hydrogen (secondary N) is 1. The Kier molecular flexibility index (Phi) is 12.2. The Morgan fingerprint density at radius 2 is 1.96 bits per heavy atom. The lowest BCUT2D eigenvalue weighted by Crippen LogP contribution is -2.40. The third kappa shape index (κ3) is 7.96. The Morgan fingerprint density at radius 3 is 2.65 bits per heavy atom. The minimum Gasteiger partial charge on any atom is -0.382 e. The number of amides is 1. The van der Waals surface area contributed by atoms with E-state index in [0.717, 1.165) is 64.6 Å². The molecule has 0 aromatic rings. The van der Waals surface area contributed by atoms with E-state index in [-0.39, 0.29) is 29.9 Å². The van der Waals surface area contributed by atoms with E-state index in [2.05, 4.69) is 22.1 Å². The number of likely N-dealkylation sites (tertiary alicyclic amines) is 2. The summed E-state index contributed by atoms with van der Waals surface area (Å²) in [5, 5.41) is 3.35. The summed E-state index contributed by atoms with van der Waals surface area (Å²) in [5.41, 5.74) is 0. The SMILES string of the molecule is CCNC(=NCCC(=O)N1CCCC1)N1CCC(COCCOC)C1.I. The number of nitrogens with zero attached hydrogens (tertiary/aromatic N) is 3. The molecule has 2 fully saturated rings. The van der Waals surface area contributed by atoms with Crippen LogP contribution in [0.2, 0.25) is 0 Å².